The zero-order valence-electron chi connectivity index (χ0n) is 20.1. The number of nitrogens with one attached hydrogen (secondary N) is 2. The van der Waals surface area contributed by atoms with Crippen LogP contribution in [0.15, 0.2) is 42.6 Å². The van der Waals surface area contributed by atoms with Crippen molar-refractivity contribution in [3.05, 3.63) is 53.9 Å². The molecule has 1 aromatic carbocycles. The van der Waals surface area contributed by atoms with Crippen LogP contribution in [0.1, 0.15) is 29.4 Å². The van der Waals surface area contributed by atoms with Crippen LogP contribution in [0.3, 0.4) is 0 Å². The normalized spacial score (nSPS) is 11.9. The van der Waals surface area contributed by atoms with Crippen molar-refractivity contribution in [1.29, 1.82) is 0 Å². The number of esters is 1. The third kappa shape index (κ3) is 6.12. The Morgan fingerprint density at radius 3 is 2.56 bits per heavy atom. The Balaban J connectivity index is 1.99. The average Bonchev–Trinajstić information content (AvgIpc) is 3.14. The molecule has 182 valence electrons. The van der Waals surface area contributed by atoms with E-state index in [4.69, 9.17) is 14.2 Å². The first kappa shape index (κ1) is 25.2. The van der Waals surface area contributed by atoms with Gasteiger partial charge in [0.1, 0.15) is 5.65 Å². The van der Waals surface area contributed by atoms with Gasteiger partial charge >= 0.3 is 5.97 Å². The fourth-order valence-corrected chi connectivity index (χ4v) is 3.82. The number of rotatable bonds is 12. The second-order valence-electron chi connectivity index (χ2n) is 7.99. The molecule has 1 unspecified atom stereocenters. The number of pyridine rings is 1. The SMILES string of the molecule is COCCn1c(C(=O)OC)c(NC(=O)CCc2ccccc2)c2cc(NC(C)COC)cnc21. The summed E-state index contributed by atoms with van der Waals surface area (Å²) in [5.41, 5.74) is 2.98. The summed E-state index contributed by atoms with van der Waals surface area (Å²) >= 11 is 0. The van der Waals surface area contributed by atoms with Crippen LogP contribution in [0, 0.1) is 0 Å². The lowest BCUT2D eigenvalue weighted by Crippen LogP contribution is -2.20. The monoisotopic (exact) mass is 468 g/mol. The molecule has 9 heteroatoms. The molecule has 0 spiro atoms. The van der Waals surface area contributed by atoms with Crippen LogP contribution in [0.2, 0.25) is 0 Å². The van der Waals surface area contributed by atoms with Crippen LogP contribution >= 0.6 is 0 Å². The number of hydrogen-bond acceptors (Lipinski definition) is 7. The molecule has 0 saturated heterocycles. The summed E-state index contributed by atoms with van der Waals surface area (Å²) in [6, 6.07) is 11.7. The summed E-state index contributed by atoms with van der Waals surface area (Å²) < 4.78 is 17.2. The highest BCUT2D eigenvalue weighted by Crippen LogP contribution is 2.33. The van der Waals surface area contributed by atoms with Gasteiger partial charge < -0.3 is 29.4 Å². The molecule has 0 radical (unpaired) electrons. The maximum absolute atomic E-state index is 12.9. The van der Waals surface area contributed by atoms with E-state index in [0.717, 1.165) is 11.3 Å². The first-order valence-electron chi connectivity index (χ1n) is 11.2. The first-order valence-corrected chi connectivity index (χ1v) is 11.2. The molecule has 1 amide bonds. The number of methoxy groups -OCH3 is 3. The topological polar surface area (TPSA) is 104 Å². The predicted molar refractivity (Wildman–Crippen MR) is 131 cm³/mol. The molecule has 0 aliphatic carbocycles. The maximum Gasteiger partial charge on any atom is 0.356 e. The Bertz CT molecular complexity index is 1110. The van der Waals surface area contributed by atoms with Crippen LogP contribution in [-0.4, -0.2) is 62.0 Å². The second kappa shape index (κ2) is 12.2. The predicted octanol–water partition coefficient (Wildman–Crippen LogP) is 3.49. The average molecular weight is 469 g/mol. The summed E-state index contributed by atoms with van der Waals surface area (Å²) in [6.07, 6.45) is 2.55. The van der Waals surface area contributed by atoms with Gasteiger partial charge in [-0.3, -0.25) is 4.79 Å². The number of carbonyl (C=O) groups excluding carboxylic acids is 2. The molecular weight excluding hydrogens is 436 g/mol. The molecule has 0 bridgehead atoms. The quantitative estimate of drug-likeness (QED) is 0.392. The van der Waals surface area contributed by atoms with Crippen LogP contribution < -0.4 is 10.6 Å². The number of anilines is 2. The minimum absolute atomic E-state index is 0.0452. The number of nitrogens with zero attached hydrogens (tertiary/aromatic N) is 2. The fraction of sp³-hybridized carbons (Fsp3) is 0.400. The van der Waals surface area contributed by atoms with E-state index >= 15 is 0 Å². The molecule has 0 aliphatic heterocycles. The van der Waals surface area contributed by atoms with Crippen LogP contribution in [-0.2, 0) is 32.0 Å². The van der Waals surface area contributed by atoms with Gasteiger partial charge in [-0.25, -0.2) is 9.78 Å². The van der Waals surface area contributed by atoms with Crippen molar-refractivity contribution in [2.45, 2.75) is 32.4 Å². The number of aryl methyl sites for hydroxylation is 1. The first-order chi connectivity index (χ1) is 16.5. The smallest absolute Gasteiger partial charge is 0.356 e. The van der Waals surface area contributed by atoms with Crippen molar-refractivity contribution >= 4 is 34.3 Å². The Hall–Kier alpha value is -3.43. The van der Waals surface area contributed by atoms with Gasteiger partial charge in [0.25, 0.3) is 0 Å². The number of fused-ring (bicyclic) bond motifs is 1. The third-order valence-corrected chi connectivity index (χ3v) is 5.37. The van der Waals surface area contributed by atoms with Gasteiger partial charge in [0.15, 0.2) is 5.69 Å². The van der Waals surface area contributed by atoms with Gasteiger partial charge in [-0.1, -0.05) is 30.3 Å². The van der Waals surface area contributed by atoms with Crippen LogP contribution in [0.4, 0.5) is 11.4 Å². The lowest BCUT2D eigenvalue weighted by atomic mass is 10.1. The van der Waals surface area contributed by atoms with Gasteiger partial charge in [0.05, 0.1) is 37.9 Å². The van der Waals surface area contributed by atoms with Crippen molar-refractivity contribution in [2.24, 2.45) is 0 Å². The molecule has 2 N–H and O–H groups in total. The number of benzene rings is 1. The van der Waals surface area contributed by atoms with E-state index in [1.165, 1.54) is 7.11 Å². The molecule has 9 nitrogen and oxygen atoms in total. The largest absolute Gasteiger partial charge is 0.464 e. The number of ether oxygens (including phenoxy) is 3. The molecule has 0 fully saturated rings. The van der Waals surface area contributed by atoms with Crippen molar-refractivity contribution in [3.63, 3.8) is 0 Å². The number of hydrogen-bond donors (Lipinski definition) is 2. The number of amides is 1. The van der Waals surface area contributed by atoms with Gasteiger partial charge in [0.2, 0.25) is 5.91 Å². The molecular formula is C25H32N4O5. The van der Waals surface area contributed by atoms with Crippen LogP contribution in [0.5, 0.6) is 0 Å². The Labute approximate surface area is 199 Å². The molecule has 1 atom stereocenters. The zero-order valence-corrected chi connectivity index (χ0v) is 20.1. The highest BCUT2D eigenvalue weighted by molar-refractivity contribution is 6.11. The number of aromatic nitrogens is 2. The van der Waals surface area contributed by atoms with E-state index in [2.05, 4.69) is 15.6 Å². The molecule has 3 rings (SSSR count). The van der Waals surface area contributed by atoms with E-state index in [9.17, 15) is 9.59 Å². The second-order valence-corrected chi connectivity index (χ2v) is 7.99. The summed E-state index contributed by atoms with van der Waals surface area (Å²) in [7, 11) is 4.54. The van der Waals surface area contributed by atoms with E-state index in [0.29, 0.717) is 42.9 Å². The molecule has 2 heterocycles. The highest BCUT2D eigenvalue weighted by Gasteiger charge is 2.26. The molecule has 34 heavy (non-hydrogen) atoms. The molecule has 0 saturated carbocycles. The van der Waals surface area contributed by atoms with Gasteiger partial charge in [0, 0.05) is 38.6 Å². The highest BCUT2D eigenvalue weighted by atomic mass is 16.5. The van der Waals surface area contributed by atoms with Crippen molar-refractivity contribution in [2.75, 3.05) is 45.2 Å². The van der Waals surface area contributed by atoms with Crippen LogP contribution in [0.25, 0.3) is 11.0 Å². The maximum atomic E-state index is 12.9. The van der Waals surface area contributed by atoms with E-state index in [1.807, 2.05) is 43.3 Å². The Morgan fingerprint density at radius 1 is 1.12 bits per heavy atom. The summed E-state index contributed by atoms with van der Waals surface area (Å²) in [5, 5.41) is 6.91. The zero-order chi connectivity index (χ0) is 24.5. The van der Waals surface area contributed by atoms with E-state index in [-0.39, 0.29) is 24.1 Å². The molecule has 2 aromatic heterocycles. The Morgan fingerprint density at radius 2 is 1.88 bits per heavy atom. The van der Waals surface area contributed by atoms with Crippen molar-refractivity contribution < 1.29 is 23.8 Å². The standard InChI is InChI=1S/C25H32N4O5/c1-17(16-33-3)27-19-14-20-22(28-21(30)11-10-18-8-6-5-7-9-18)23(25(31)34-4)29(12-13-32-2)24(20)26-15-19/h5-9,14-15,17,27H,10-13,16H2,1-4H3,(H,28,30). The minimum Gasteiger partial charge on any atom is -0.464 e. The number of carbonyl (C=O) groups is 2. The molecule has 0 aliphatic rings. The van der Waals surface area contributed by atoms with Crippen molar-refractivity contribution in [1.82, 2.24) is 9.55 Å². The summed E-state index contributed by atoms with van der Waals surface area (Å²) in [4.78, 5) is 30.3. The van der Waals surface area contributed by atoms with Gasteiger partial charge in [-0.2, -0.15) is 0 Å². The fourth-order valence-electron chi connectivity index (χ4n) is 3.82. The van der Waals surface area contributed by atoms with E-state index in [1.54, 1.807) is 25.0 Å². The summed E-state index contributed by atoms with van der Waals surface area (Å²) in [6.45, 7) is 3.24. The van der Waals surface area contributed by atoms with Crippen molar-refractivity contribution in [3.8, 4) is 0 Å². The lowest BCUT2D eigenvalue weighted by molar-refractivity contribution is -0.116. The Kier molecular flexibility index (Phi) is 9.00. The van der Waals surface area contributed by atoms with Gasteiger partial charge in [-0.15, -0.1) is 0 Å². The van der Waals surface area contributed by atoms with E-state index < -0.39 is 5.97 Å². The summed E-state index contributed by atoms with van der Waals surface area (Å²) in [5.74, 6) is -0.763. The minimum atomic E-state index is -0.560. The van der Waals surface area contributed by atoms with Gasteiger partial charge in [-0.05, 0) is 25.0 Å². The third-order valence-electron chi connectivity index (χ3n) is 5.37. The lowest BCUT2D eigenvalue weighted by Gasteiger charge is -2.14. The molecule has 3 aromatic rings.